The number of rotatable bonds is 5. The number of amides is 1. The van der Waals surface area contributed by atoms with Crippen LogP contribution in [0.4, 0.5) is 5.69 Å². The summed E-state index contributed by atoms with van der Waals surface area (Å²) in [4.78, 5) is 13.6. The zero-order chi connectivity index (χ0) is 16.0. The summed E-state index contributed by atoms with van der Waals surface area (Å²) in [7, 11) is 1.83. The zero-order valence-corrected chi connectivity index (χ0v) is 13.8. The lowest BCUT2D eigenvalue weighted by Gasteiger charge is -2.33. The van der Waals surface area contributed by atoms with Gasteiger partial charge in [0.1, 0.15) is 0 Å². The first kappa shape index (κ1) is 14.9. The average Bonchev–Trinajstić information content (AvgIpc) is 2.90. The lowest BCUT2D eigenvalue weighted by Crippen LogP contribution is -2.49. The van der Waals surface area contributed by atoms with Crippen molar-refractivity contribution < 1.29 is 4.79 Å². The van der Waals surface area contributed by atoms with Crippen LogP contribution in [-0.2, 0) is 7.05 Å². The summed E-state index contributed by atoms with van der Waals surface area (Å²) in [6.45, 7) is 0. The van der Waals surface area contributed by atoms with Gasteiger partial charge in [-0.05, 0) is 25.3 Å². The molecular formula is C16H21N5OS. The molecule has 7 heteroatoms. The van der Waals surface area contributed by atoms with Crippen LogP contribution in [0.3, 0.4) is 0 Å². The van der Waals surface area contributed by atoms with Crippen LogP contribution in [0.15, 0.2) is 23.8 Å². The Morgan fingerprint density at radius 2 is 2.26 bits per heavy atom. The molecule has 0 bridgehead atoms. The first-order chi connectivity index (χ1) is 11.1. The molecule has 2 fully saturated rings. The smallest absolute Gasteiger partial charge is 0.256 e. The first-order valence-corrected chi connectivity index (χ1v) is 8.86. The zero-order valence-electron chi connectivity index (χ0n) is 13.0. The molecular weight excluding hydrogens is 310 g/mol. The molecule has 0 aliphatic heterocycles. The number of anilines is 1. The standard InChI is InChI=1S/C16H21N5OS/c1-21-7-12(6-18-21)20-16(22)9-2-15(23-8-9)13-5-14(13)19-11-3-10(17)4-11/h2,6-8,10-11,13-14,19H,3-5,17H2,1H3,(H,20,22). The van der Waals surface area contributed by atoms with Gasteiger partial charge in [0.25, 0.3) is 5.91 Å². The molecule has 0 radical (unpaired) electrons. The van der Waals surface area contributed by atoms with Crippen LogP contribution in [0, 0.1) is 0 Å². The van der Waals surface area contributed by atoms with Crippen LogP contribution in [-0.4, -0.2) is 33.8 Å². The molecule has 2 heterocycles. The van der Waals surface area contributed by atoms with Crippen molar-refractivity contribution in [1.29, 1.82) is 0 Å². The molecule has 2 saturated carbocycles. The molecule has 0 aromatic carbocycles. The van der Waals surface area contributed by atoms with Gasteiger partial charge in [-0.1, -0.05) is 0 Å². The number of aryl methyl sites for hydroxylation is 1. The minimum Gasteiger partial charge on any atom is -0.328 e. The van der Waals surface area contributed by atoms with Crippen molar-refractivity contribution in [1.82, 2.24) is 15.1 Å². The molecule has 2 aliphatic rings. The van der Waals surface area contributed by atoms with Gasteiger partial charge in [-0.2, -0.15) is 5.10 Å². The fraction of sp³-hybridized carbons (Fsp3) is 0.500. The number of carbonyl (C=O) groups is 1. The van der Waals surface area contributed by atoms with E-state index in [1.807, 2.05) is 18.5 Å². The third-order valence-electron chi connectivity index (χ3n) is 4.62. The molecule has 4 N–H and O–H groups in total. The summed E-state index contributed by atoms with van der Waals surface area (Å²) in [5.41, 5.74) is 7.27. The Balaban J connectivity index is 1.33. The topological polar surface area (TPSA) is 85.0 Å². The quantitative estimate of drug-likeness (QED) is 0.778. The Bertz CT molecular complexity index is 718. The van der Waals surface area contributed by atoms with E-state index >= 15 is 0 Å². The van der Waals surface area contributed by atoms with Gasteiger partial charge in [-0.25, -0.2) is 0 Å². The van der Waals surface area contributed by atoms with E-state index in [1.54, 1.807) is 28.4 Å². The summed E-state index contributed by atoms with van der Waals surface area (Å²) in [6.07, 6.45) is 6.78. The molecule has 4 rings (SSSR count). The van der Waals surface area contributed by atoms with Crippen molar-refractivity contribution in [3.8, 4) is 0 Å². The normalized spacial score (nSPS) is 29.1. The van der Waals surface area contributed by atoms with E-state index < -0.39 is 0 Å². The fourth-order valence-corrected chi connectivity index (χ4v) is 4.22. The van der Waals surface area contributed by atoms with Gasteiger partial charge in [-0.15, -0.1) is 11.3 Å². The summed E-state index contributed by atoms with van der Waals surface area (Å²) >= 11 is 1.67. The van der Waals surface area contributed by atoms with Gasteiger partial charge in [-0.3, -0.25) is 9.48 Å². The number of carbonyl (C=O) groups excluding carboxylic acids is 1. The maximum atomic E-state index is 12.3. The van der Waals surface area contributed by atoms with Crippen molar-refractivity contribution in [2.75, 3.05) is 5.32 Å². The van der Waals surface area contributed by atoms with E-state index in [2.05, 4.69) is 15.7 Å². The van der Waals surface area contributed by atoms with E-state index in [0.29, 0.717) is 24.0 Å². The van der Waals surface area contributed by atoms with E-state index in [0.717, 1.165) is 30.5 Å². The van der Waals surface area contributed by atoms with E-state index in [-0.39, 0.29) is 5.91 Å². The molecule has 2 unspecified atom stereocenters. The van der Waals surface area contributed by atoms with E-state index in [4.69, 9.17) is 5.73 Å². The van der Waals surface area contributed by atoms with Crippen molar-refractivity contribution in [3.05, 3.63) is 34.3 Å². The Hall–Kier alpha value is -1.70. The van der Waals surface area contributed by atoms with Crippen LogP contribution < -0.4 is 16.4 Å². The molecule has 122 valence electrons. The molecule has 6 nitrogen and oxygen atoms in total. The molecule has 1 amide bonds. The van der Waals surface area contributed by atoms with Crippen LogP contribution in [0.1, 0.15) is 40.4 Å². The van der Waals surface area contributed by atoms with Crippen LogP contribution in [0.2, 0.25) is 0 Å². The maximum Gasteiger partial charge on any atom is 0.256 e. The van der Waals surface area contributed by atoms with Gasteiger partial charge < -0.3 is 16.4 Å². The second-order valence-electron chi connectivity index (χ2n) is 6.64. The third-order valence-corrected chi connectivity index (χ3v) is 5.69. The molecule has 2 atom stereocenters. The number of nitrogens with two attached hydrogens (primary N) is 1. The first-order valence-electron chi connectivity index (χ1n) is 7.98. The van der Waals surface area contributed by atoms with Gasteiger partial charge in [0.05, 0.1) is 17.4 Å². The molecule has 23 heavy (non-hydrogen) atoms. The number of nitrogens with zero attached hydrogens (tertiary/aromatic N) is 2. The number of hydrogen-bond acceptors (Lipinski definition) is 5. The van der Waals surface area contributed by atoms with Crippen LogP contribution in [0.5, 0.6) is 0 Å². The second-order valence-corrected chi connectivity index (χ2v) is 7.58. The number of aromatic nitrogens is 2. The highest BCUT2D eigenvalue weighted by Crippen LogP contribution is 2.44. The van der Waals surface area contributed by atoms with Gasteiger partial charge in [0.2, 0.25) is 0 Å². The van der Waals surface area contributed by atoms with Gasteiger partial charge in [0, 0.05) is 47.5 Å². The highest BCUT2D eigenvalue weighted by atomic mass is 32.1. The summed E-state index contributed by atoms with van der Waals surface area (Å²) in [5.74, 6) is 0.479. The summed E-state index contributed by atoms with van der Waals surface area (Å²) < 4.78 is 1.67. The molecule has 0 saturated heterocycles. The van der Waals surface area contributed by atoms with E-state index in [1.165, 1.54) is 4.88 Å². The molecule has 2 aliphatic carbocycles. The Morgan fingerprint density at radius 1 is 1.43 bits per heavy atom. The van der Waals surface area contributed by atoms with Crippen molar-refractivity contribution in [2.45, 2.75) is 43.3 Å². The van der Waals surface area contributed by atoms with E-state index in [9.17, 15) is 4.79 Å². The van der Waals surface area contributed by atoms with Crippen molar-refractivity contribution >= 4 is 22.9 Å². The predicted molar refractivity (Wildman–Crippen MR) is 90.8 cm³/mol. The number of nitrogens with one attached hydrogen (secondary N) is 2. The summed E-state index contributed by atoms with van der Waals surface area (Å²) in [5, 5.41) is 12.5. The molecule has 2 aromatic rings. The largest absolute Gasteiger partial charge is 0.328 e. The maximum absolute atomic E-state index is 12.3. The molecule has 2 aromatic heterocycles. The van der Waals surface area contributed by atoms with Crippen LogP contribution >= 0.6 is 11.3 Å². The lowest BCUT2D eigenvalue weighted by molar-refractivity contribution is 0.102. The van der Waals surface area contributed by atoms with Crippen molar-refractivity contribution in [3.63, 3.8) is 0 Å². The van der Waals surface area contributed by atoms with Crippen LogP contribution in [0.25, 0.3) is 0 Å². The van der Waals surface area contributed by atoms with Crippen molar-refractivity contribution in [2.24, 2.45) is 12.8 Å². The number of thiophene rings is 1. The molecule has 0 spiro atoms. The average molecular weight is 331 g/mol. The SMILES string of the molecule is Cn1cc(NC(=O)c2csc(C3CC3NC3CC(N)C3)c2)cn1. The fourth-order valence-electron chi connectivity index (χ4n) is 3.15. The lowest BCUT2D eigenvalue weighted by atomic mass is 9.87. The summed E-state index contributed by atoms with van der Waals surface area (Å²) in [6, 6.07) is 3.55. The third kappa shape index (κ3) is 3.17. The predicted octanol–water partition coefficient (Wildman–Crippen LogP) is 1.67. The highest BCUT2D eigenvalue weighted by Gasteiger charge is 2.42. The Kier molecular flexibility index (Phi) is 3.71. The minimum absolute atomic E-state index is 0.0735. The highest BCUT2D eigenvalue weighted by molar-refractivity contribution is 7.10. The monoisotopic (exact) mass is 331 g/mol. The second kappa shape index (κ2) is 5.74. The Morgan fingerprint density at radius 3 is 2.96 bits per heavy atom. The van der Waals surface area contributed by atoms with Gasteiger partial charge in [0.15, 0.2) is 0 Å². The van der Waals surface area contributed by atoms with Gasteiger partial charge >= 0.3 is 0 Å². The Labute approximate surface area is 139 Å². The number of hydrogen-bond donors (Lipinski definition) is 3. The minimum atomic E-state index is -0.0735.